The minimum atomic E-state index is -0.605. The number of hydroxylamine groups is 1. The van der Waals surface area contributed by atoms with Gasteiger partial charge in [0, 0.05) is 5.69 Å². The van der Waals surface area contributed by atoms with Crippen molar-refractivity contribution < 1.29 is 19.2 Å². The summed E-state index contributed by atoms with van der Waals surface area (Å²) in [5.74, 6) is -1.23. The summed E-state index contributed by atoms with van der Waals surface area (Å²) in [7, 11) is 0. The van der Waals surface area contributed by atoms with Gasteiger partial charge in [0.15, 0.2) is 0 Å². The van der Waals surface area contributed by atoms with Crippen molar-refractivity contribution in [3.05, 3.63) is 82.9 Å². The third-order valence-electron chi connectivity index (χ3n) is 7.22. The average molecular weight is 528 g/mol. The number of benzene rings is 3. The molecule has 0 bridgehead atoms. The molecule has 1 fully saturated rings. The number of carbonyl (C=O) groups is 3. The van der Waals surface area contributed by atoms with Crippen molar-refractivity contribution in [3.63, 3.8) is 0 Å². The van der Waals surface area contributed by atoms with Gasteiger partial charge < -0.3 is 15.5 Å². The van der Waals surface area contributed by atoms with Crippen LogP contribution in [-0.4, -0.2) is 17.9 Å². The number of hydrogen-bond donors (Lipinski definition) is 3. The lowest BCUT2D eigenvalue weighted by Crippen LogP contribution is -2.32. The zero-order valence-corrected chi connectivity index (χ0v) is 22.9. The predicted octanol–water partition coefficient (Wildman–Crippen LogP) is 7.47. The Bertz CT molecular complexity index is 1310. The van der Waals surface area contributed by atoms with Crippen molar-refractivity contribution in [1.82, 2.24) is 5.48 Å². The number of rotatable bonds is 5. The zero-order valence-electron chi connectivity index (χ0n) is 22.9. The highest BCUT2D eigenvalue weighted by molar-refractivity contribution is 6.07. The molecule has 0 aromatic heterocycles. The summed E-state index contributed by atoms with van der Waals surface area (Å²) in [6.45, 7) is 5.89. The molecule has 0 radical (unpaired) electrons. The van der Waals surface area contributed by atoms with Crippen LogP contribution >= 0.6 is 0 Å². The fraction of sp³-hybridized carbons (Fsp3) is 0.344. The minimum Gasteiger partial charge on any atom is -0.340 e. The predicted molar refractivity (Wildman–Crippen MR) is 155 cm³/mol. The van der Waals surface area contributed by atoms with Gasteiger partial charge in [0.05, 0.1) is 17.2 Å². The molecule has 1 saturated carbocycles. The highest BCUT2D eigenvalue weighted by Crippen LogP contribution is 2.28. The second-order valence-electron chi connectivity index (χ2n) is 10.4. The number of amides is 3. The fourth-order valence-electron chi connectivity index (χ4n) is 5.23. The van der Waals surface area contributed by atoms with Crippen LogP contribution in [0.3, 0.4) is 0 Å². The summed E-state index contributed by atoms with van der Waals surface area (Å²) < 4.78 is 0. The molecule has 3 aromatic carbocycles. The van der Waals surface area contributed by atoms with Crippen LogP contribution in [0.25, 0.3) is 11.1 Å². The number of urea groups is 1. The van der Waals surface area contributed by atoms with E-state index in [9.17, 15) is 14.4 Å². The van der Waals surface area contributed by atoms with E-state index in [0.717, 1.165) is 72.0 Å². The van der Waals surface area contributed by atoms with Gasteiger partial charge in [-0.05, 0) is 68.0 Å². The first-order valence-corrected chi connectivity index (χ1v) is 13.7. The molecule has 0 heterocycles. The van der Waals surface area contributed by atoms with Gasteiger partial charge in [0.2, 0.25) is 0 Å². The van der Waals surface area contributed by atoms with E-state index >= 15 is 0 Å². The Morgan fingerprint density at radius 3 is 2.05 bits per heavy atom. The number of carbonyl (C=O) groups excluding carboxylic acids is 3. The van der Waals surface area contributed by atoms with Gasteiger partial charge >= 0.3 is 12.0 Å². The van der Waals surface area contributed by atoms with Crippen LogP contribution in [0.5, 0.6) is 0 Å². The molecule has 0 aliphatic heterocycles. The van der Waals surface area contributed by atoms with Crippen LogP contribution < -0.4 is 16.1 Å². The molecule has 0 spiro atoms. The Hall–Kier alpha value is -4.13. The first kappa shape index (κ1) is 27.9. The molecule has 39 heavy (non-hydrogen) atoms. The summed E-state index contributed by atoms with van der Waals surface area (Å²) in [5, 5.41) is 5.75. The topological polar surface area (TPSA) is 96.5 Å². The molecule has 1 aliphatic carbocycles. The lowest BCUT2D eigenvalue weighted by molar-refractivity contribution is -0.154. The van der Waals surface area contributed by atoms with Gasteiger partial charge in [-0.1, -0.05) is 86.2 Å². The van der Waals surface area contributed by atoms with E-state index in [2.05, 4.69) is 16.1 Å². The van der Waals surface area contributed by atoms with Gasteiger partial charge in [-0.2, -0.15) is 5.48 Å². The van der Waals surface area contributed by atoms with Gasteiger partial charge in [0.25, 0.3) is 5.91 Å². The molecule has 3 aromatic rings. The Labute approximate surface area is 230 Å². The molecule has 0 saturated heterocycles. The van der Waals surface area contributed by atoms with Gasteiger partial charge in [-0.15, -0.1) is 0 Å². The van der Waals surface area contributed by atoms with E-state index < -0.39 is 17.9 Å². The van der Waals surface area contributed by atoms with Gasteiger partial charge in [-0.25, -0.2) is 9.59 Å². The molecule has 7 nitrogen and oxygen atoms in total. The van der Waals surface area contributed by atoms with E-state index in [1.165, 1.54) is 6.42 Å². The Balaban J connectivity index is 1.53. The van der Waals surface area contributed by atoms with Crippen molar-refractivity contribution in [2.24, 2.45) is 5.92 Å². The summed E-state index contributed by atoms with van der Waals surface area (Å²) in [5.41, 5.74) is 8.30. The molecule has 204 valence electrons. The maximum atomic E-state index is 13.1. The van der Waals surface area contributed by atoms with Crippen molar-refractivity contribution >= 4 is 29.3 Å². The summed E-state index contributed by atoms with van der Waals surface area (Å²) >= 11 is 0. The quantitative estimate of drug-likeness (QED) is 0.300. The summed E-state index contributed by atoms with van der Waals surface area (Å²) in [6, 6.07) is 18.4. The molecular weight excluding hydrogens is 490 g/mol. The maximum Gasteiger partial charge on any atom is 0.335 e. The first-order chi connectivity index (χ1) is 18.8. The number of nitrogens with one attached hydrogen (secondary N) is 3. The maximum absolute atomic E-state index is 13.1. The molecule has 7 heteroatoms. The Morgan fingerprint density at radius 1 is 0.744 bits per heavy atom. The smallest absolute Gasteiger partial charge is 0.335 e. The van der Waals surface area contributed by atoms with E-state index in [0.29, 0.717) is 5.69 Å². The van der Waals surface area contributed by atoms with Crippen LogP contribution in [0.2, 0.25) is 0 Å². The molecule has 3 amide bonds. The van der Waals surface area contributed by atoms with Crippen LogP contribution in [-0.2, 0) is 9.63 Å². The Morgan fingerprint density at radius 2 is 1.38 bits per heavy atom. The van der Waals surface area contributed by atoms with E-state index in [1.807, 2.05) is 63.2 Å². The highest BCUT2D eigenvalue weighted by Gasteiger charge is 2.23. The normalized spacial score (nSPS) is 14.0. The van der Waals surface area contributed by atoms with E-state index in [-0.39, 0.29) is 11.5 Å². The van der Waals surface area contributed by atoms with Crippen LogP contribution in [0.1, 0.15) is 72.0 Å². The average Bonchev–Trinajstić information content (AvgIpc) is 2.89. The largest absolute Gasteiger partial charge is 0.340 e. The fourth-order valence-corrected chi connectivity index (χ4v) is 5.23. The van der Waals surface area contributed by atoms with Gasteiger partial charge in [0.1, 0.15) is 0 Å². The third-order valence-corrected chi connectivity index (χ3v) is 7.22. The van der Waals surface area contributed by atoms with Crippen LogP contribution in [0.4, 0.5) is 16.2 Å². The molecule has 1 aliphatic rings. The van der Waals surface area contributed by atoms with Crippen molar-refractivity contribution in [2.45, 2.75) is 65.7 Å². The second-order valence-corrected chi connectivity index (χ2v) is 10.4. The van der Waals surface area contributed by atoms with Gasteiger partial charge in [-0.3, -0.25) is 4.79 Å². The first-order valence-electron chi connectivity index (χ1n) is 13.7. The number of anilines is 2. The molecule has 0 unspecified atom stereocenters. The standard InChI is InChI=1S/C32H37N3O4/c1-21-18-22(2)29(23(3)19-21)34-32(38)33-28-20-26(24-12-10-7-11-13-24)16-17-27(28)30(36)35-39-31(37)25-14-8-5-4-6-9-15-25/h7,10-13,16-20,25H,4-6,8-9,14-15H2,1-3H3,(H,35,36)(H2,33,34,38). The highest BCUT2D eigenvalue weighted by atomic mass is 16.7. The van der Waals surface area contributed by atoms with Crippen LogP contribution in [0, 0.1) is 26.7 Å². The monoisotopic (exact) mass is 527 g/mol. The lowest BCUT2D eigenvalue weighted by atomic mass is 9.91. The third kappa shape index (κ3) is 7.47. The van der Waals surface area contributed by atoms with Crippen molar-refractivity contribution in [1.29, 1.82) is 0 Å². The SMILES string of the molecule is Cc1cc(C)c(NC(=O)Nc2cc(-c3ccccc3)ccc2C(=O)NOC(=O)C2CCCCCCC2)c(C)c1. The number of hydrogen-bond acceptors (Lipinski definition) is 4. The molecule has 3 N–H and O–H groups in total. The van der Waals surface area contributed by atoms with E-state index in [1.54, 1.807) is 18.2 Å². The number of aryl methyl sites for hydroxylation is 3. The summed E-state index contributed by atoms with van der Waals surface area (Å²) in [4.78, 5) is 44.2. The molecular formula is C32H37N3O4. The molecule has 0 atom stereocenters. The zero-order chi connectivity index (χ0) is 27.8. The Kier molecular flexibility index (Phi) is 9.36. The minimum absolute atomic E-state index is 0.188. The second kappa shape index (κ2) is 13.1. The molecule has 4 rings (SSSR count). The van der Waals surface area contributed by atoms with E-state index in [4.69, 9.17) is 4.84 Å². The van der Waals surface area contributed by atoms with Crippen LogP contribution in [0.15, 0.2) is 60.7 Å². The van der Waals surface area contributed by atoms with Crippen molar-refractivity contribution in [3.8, 4) is 11.1 Å². The summed E-state index contributed by atoms with van der Waals surface area (Å²) in [6.07, 6.45) is 6.93. The lowest BCUT2D eigenvalue weighted by Gasteiger charge is -2.19. The van der Waals surface area contributed by atoms with Crippen molar-refractivity contribution in [2.75, 3.05) is 10.6 Å².